The van der Waals surface area contributed by atoms with E-state index in [9.17, 15) is 58.1 Å². The number of nitrogens with zero attached hydrogens (tertiary/aromatic N) is 15. The molecule has 11 aliphatic rings. The van der Waals surface area contributed by atoms with Crippen molar-refractivity contribution in [3.63, 3.8) is 0 Å². The predicted molar refractivity (Wildman–Crippen MR) is 469 cm³/mol. The van der Waals surface area contributed by atoms with E-state index in [1.54, 1.807) is 62.8 Å². The van der Waals surface area contributed by atoms with E-state index in [2.05, 4.69) is 62.1 Å². The molecule has 0 radical (unpaired) electrons. The lowest BCUT2D eigenvalue weighted by Gasteiger charge is -2.27. The Bertz CT molecular complexity index is 6510. The first-order chi connectivity index (χ1) is 62.3. The molecule has 14 N–H and O–H groups in total. The monoisotopic (exact) mass is 2050 g/mol. The molecule has 6 unspecified atom stereocenters. The Balaban J connectivity index is 0.000000127. The van der Waals surface area contributed by atoms with Gasteiger partial charge >= 0.3 is 40.4 Å². The number of nitrogen functional groups attached to an aromatic ring is 3. The number of H-pyrrole nitrogens is 2. The summed E-state index contributed by atoms with van der Waals surface area (Å²) in [5.74, 6) is 0.328. The minimum absolute atomic E-state index is 0.0472. The van der Waals surface area contributed by atoms with E-state index < -0.39 is 214 Å². The van der Waals surface area contributed by atoms with Crippen molar-refractivity contribution in [2.75, 3.05) is 56.8 Å². The maximum atomic E-state index is 15.8. The first-order valence-electron chi connectivity index (χ1n) is 39.3. The van der Waals surface area contributed by atoms with Crippen molar-refractivity contribution in [3.8, 4) is 0 Å². The van der Waals surface area contributed by atoms with Crippen molar-refractivity contribution in [2.45, 2.75) is 161 Å². The number of Topliss-reactive ketones (excluding diaryl/α,β-unsaturated/α-hetero) is 2. The van der Waals surface area contributed by atoms with E-state index in [1.807, 2.05) is 0 Å². The number of hydrogen-bond acceptors (Lipinski definition) is 41. The normalized spacial score (nSPS) is 37.5. The second kappa shape index (κ2) is 36.3. The number of aliphatic hydroxyl groups excluding tert-OH is 1. The molecule has 0 aliphatic carbocycles. The third-order valence-electron chi connectivity index (χ3n) is 22.5. The summed E-state index contributed by atoms with van der Waals surface area (Å²) in [6.45, 7) is -27.3. The van der Waals surface area contributed by atoms with Crippen LogP contribution in [0.3, 0.4) is 0 Å². The second-order valence-electron chi connectivity index (χ2n) is 30.8. The molecule has 0 spiro atoms. The Morgan fingerprint density at radius 3 is 1.36 bits per heavy atom. The van der Waals surface area contributed by atoms with E-state index in [0.717, 1.165) is 5.39 Å². The molecule has 50 nitrogen and oxygen atoms in total. The highest BCUT2D eigenvalue weighted by molar-refractivity contribution is 8.44. The van der Waals surface area contributed by atoms with Crippen molar-refractivity contribution in [3.05, 3.63) is 129 Å². The van der Waals surface area contributed by atoms with Crippen LogP contribution in [0.4, 0.5) is 38.0 Å². The lowest BCUT2D eigenvalue weighted by Crippen LogP contribution is -2.35. The number of ketones is 2. The minimum atomic E-state index is -4.21. The van der Waals surface area contributed by atoms with Crippen LogP contribution in [0.5, 0.6) is 0 Å². The topological polar surface area (TPSA) is 636 Å². The molecule has 21 rings (SSSR count). The number of imidazole rings is 3. The average molecular weight is 2060 g/mol. The Morgan fingerprint density at radius 1 is 0.450 bits per heavy atom. The largest absolute Gasteiger partial charge is 0.398 e. The van der Waals surface area contributed by atoms with Gasteiger partial charge in [0.15, 0.2) is 64.9 Å². The van der Waals surface area contributed by atoms with Gasteiger partial charge in [-0.3, -0.25) is 70.1 Å². The fourth-order valence-electron chi connectivity index (χ4n) is 16.5. The zero-order chi connectivity index (χ0) is 92.0. The maximum Gasteiger partial charge on any atom is 0.386 e. The van der Waals surface area contributed by atoms with Gasteiger partial charge in [-0.15, -0.1) is 0 Å². The van der Waals surface area contributed by atoms with Gasteiger partial charge in [-0.2, -0.15) is 9.97 Å². The van der Waals surface area contributed by atoms with Crippen molar-refractivity contribution >= 4 is 204 Å². The number of halogens is 2. The molecule has 11 aliphatic heterocycles. The first-order valence-corrected chi connectivity index (χ1v) is 55.0. The SMILES string of the molecule is Nc1ccnc2c1ccn2[C@H]1C[C@@H]2OP(O)(=S)OC[C@H]3O[C@@H](n4ccc(=O)n5ccnc45)[C@H](OP(=O)(S)OC[C@H]2O1)[C@@H]3O.Nc1nc2c(ncn2[C@@H]2O[C@@H]3COP(O)(=S)O[C@H]4C[C@H](n5ccc6c5N=CCC6=O)O[C@@H]4COP(O)(=S)O[C@@H]2[C@@H]3F)c(=O)[nH]1.Nc1nc2c(ncn2[C@@H]2O[C@@H]3COP(O)(=S)O[C@H]4C[C@H](n5ccc6c5N=CCC6=O)O[C@@H]4COP(O)(=S)O[C@@H]2[C@@H]3F)c(=O)[nH]1. The Kier molecular flexibility index (Phi) is 25.8. The Hall–Kier alpha value is -6.82. The van der Waals surface area contributed by atoms with Gasteiger partial charge in [-0.25, -0.2) is 43.3 Å². The lowest BCUT2D eigenvalue weighted by molar-refractivity contribution is -0.0598. The molecule has 6 bridgehead atoms. The number of anilines is 3. The number of carbonyl (C=O) groups excluding carboxylic acids is 2. The number of aromatic amines is 2. The fraction of sp³-hybridized carbons (Fsp3) is 0.478. The highest BCUT2D eigenvalue weighted by atomic mass is 32.7. The highest BCUT2D eigenvalue weighted by Gasteiger charge is 2.56. The molecule has 131 heavy (non-hydrogen) atoms. The Morgan fingerprint density at radius 2 is 0.870 bits per heavy atom. The molecular formula is C67H74F2N20O30P6S6. The van der Waals surface area contributed by atoms with Crippen LogP contribution in [-0.2, 0) is 146 Å². The van der Waals surface area contributed by atoms with Gasteiger partial charge in [0.2, 0.25) is 17.7 Å². The summed E-state index contributed by atoms with van der Waals surface area (Å²) < 4.78 is 160. The zero-order valence-corrected chi connectivity index (χ0v) is 76.8. The average Bonchev–Trinajstić information content (AvgIpc) is 1.59. The zero-order valence-electron chi connectivity index (χ0n) is 66.5. The first kappa shape index (κ1) is 93.2. The van der Waals surface area contributed by atoms with E-state index in [4.69, 9.17) is 159 Å². The molecule has 9 saturated heterocycles. The van der Waals surface area contributed by atoms with Gasteiger partial charge in [-0.05, 0) is 83.3 Å². The van der Waals surface area contributed by atoms with Crippen LogP contribution >= 0.6 is 52.6 Å². The van der Waals surface area contributed by atoms with Crippen LogP contribution in [0.15, 0.2) is 111 Å². The number of thiol groups is 1. The molecule has 0 saturated carbocycles. The number of hydrogen-bond donors (Lipinski definition) is 12. The van der Waals surface area contributed by atoms with Crippen LogP contribution < -0.4 is 33.9 Å². The van der Waals surface area contributed by atoms with Gasteiger partial charge in [0.25, 0.3) is 16.7 Å². The van der Waals surface area contributed by atoms with Crippen molar-refractivity contribution in [1.29, 1.82) is 0 Å². The molecule has 64 heteroatoms. The minimum Gasteiger partial charge on any atom is -0.398 e. The number of carbonyl (C=O) groups is 2. The number of rotatable bonds is 6. The summed E-state index contributed by atoms with van der Waals surface area (Å²) in [5.41, 5.74) is 17.5. The number of alkyl halides is 2. The van der Waals surface area contributed by atoms with E-state index in [-0.39, 0.29) is 95.8 Å². The Labute approximate surface area is 762 Å². The third kappa shape index (κ3) is 18.9. The quantitative estimate of drug-likeness (QED) is 0.0816. The number of aliphatic imine (C=N–C) groups is 2. The molecule has 0 aromatic carbocycles. The van der Waals surface area contributed by atoms with E-state index in [0.29, 0.717) is 34.1 Å². The third-order valence-corrected chi connectivity index (χ3v) is 32.0. The molecule has 0 amide bonds. The van der Waals surface area contributed by atoms with Crippen LogP contribution in [0.2, 0.25) is 0 Å². The highest BCUT2D eigenvalue weighted by Crippen LogP contribution is 2.61. The summed E-state index contributed by atoms with van der Waals surface area (Å²) in [7, 11) is 0. The molecule has 9 fully saturated rings. The lowest BCUT2D eigenvalue weighted by atomic mass is 10.1. The summed E-state index contributed by atoms with van der Waals surface area (Å²) in [4.78, 5) is 154. The maximum absolute atomic E-state index is 15.8. The molecule has 702 valence electrons. The van der Waals surface area contributed by atoms with Crippen LogP contribution in [0.1, 0.15) is 90.2 Å². The fourth-order valence-corrected chi connectivity index (χ4v) is 25.2. The van der Waals surface area contributed by atoms with E-state index >= 15 is 8.78 Å². The summed E-state index contributed by atoms with van der Waals surface area (Å²) in [6, 6.07) is 8.03. The smallest absolute Gasteiger partial charge is 0.386 e. The second-order valence-corrected chi connectivity index (χ2v) is 47.6. The summed E-state index contributed by atoms with van der Waals surface area (Å²) >= 11 is 30.4. The van der Waals surface area contributed by atoms with Gasteiger partial charge in [0.1, 0.15) is 97.0 Å². The van der Waals surface area contributed by atoms with Crippen molar-refractivity contribution in [2.24, 2.45) is 9.98 Å². The molecule has 27 atom stereocenters. The van der Waals surface area contributed by atoms with Crippen LogP contribution in [0, 0.1) is 0 Å². The van der Waals surface area contributed by atoms with E-state index in [1.165, 1.54) is 67.8 Å². The van der Waals surface area contributed by atoms with Gasteiger partial charge in [-0.1, -0.05) is 12.2 Å². The number of nitrogens with one attached hydrogen (secondary N) is 2. The van der Waals surface area contributed by atoms with Gasteiger partial charge in [0, 0.05) is 105 Å². The van der Waals surface area contributed by atoms with Gasteiger partial charge < -0.3 is 125 Å². The molecular weight excluding hydrogens is 1980 g/mol. The van der Waals surface area contributed by atoms with Gasteiger partial charge in [0.05, 0.1) is 81.7 Å². The van der Waals surface area contributed by atoms with Crippen LogP contribution in [-0.4, -0.2) is 257 Å². The van der Waals surface area contributed by atoms with Crippen LogP contribution in [0.25, 0.3) is 39.1 Å². The number of aliphatic hydroxyl groups is 1. The molecule has 10 aromatic rings. The standard InChI is InChI=1S/C23H26N6O10P2S2.2C22H24FN7O10P2S2/c24-13-1-4-25-21-12(13)2-6-28(21)18-9-14-15(36-18)10-34-41(33,43)39-20-19(31)16(11-35-40(32,42)38-14)37-22(20)29-7-3-17(30)27-8-5-26-23(27)29;2*23-15-13-7-36-41(33,43)39-11-5-14(29-4-2-9-10(31)1-3-25-18(9)29)37-12(11)6-35-42(34,44)40-17(15)21(38-13)30-8-26-16-19(30)27-22(24)28-20(16)32/h1-8,14-16,18-20,22,31H,9-11H2,(H2,24,25)(H,32,42)(H,33,43);2*2-4,8,11-15,17,21H,1,5-7H2,(H,33,43)(H,34,44)(H3,24,27,28,32)/t14-,15+,16+,18+,19+,20+,22+,40?,41?;2*11-,12+,13+,14+,15+,17+,21+,41?,42?/m000/s1. The molecule has 21 heterocycles. The number of nitrogens with two attached hydrogens (primary N) is 3. The molecule has 10 aromatic heterocycles. The number of aromatic nitrogens is 15. The number of fused-ring (bicyclic) bond motifs is 15. The summed E-state index contributed by atoms with van der Waals surface area (Å²) in [5, 5.41) is 11.9. The predicted octanol–water partition coefficient (Wildman–Crippen LogP) is 4.28. The summed E-state index contributed by atoms with van der Waals surface area (Å²) in [6.07, 6.45) is -8.31. The number of pyridine rings is 1. The van der Waals surface area contributed by atoms with Crippen molar-refractivity contribution in [1.82, 2.24) is 71.7 Å². The van der Waals surface area contributed by atoms with Crippen molar-refractivity contribution < 1.29 is 135 Å². The number of ether oxygens (including phenoxy) is 6.